The molecule has 1 unspecified atom stereocenters. The maximum absolute atomic E-state index is 13.2. The minimum atomic E-state index is -0.640. The molecule has 150 valence electrons. The molecule has 1 atom stereocenters. The quantitative estimate of drug-likeness (QED) is 0.468. The highest BCUT2D eigenvalue weighted by Crippen LogP contribution is 2.31. The van der Waals surface area contributed by atoms with Crippen LogP contribution in [0.1, 0.15) is 27.4 Å². The molecule has 2 aromatic carbocycles. The van der Waals surface area contributed by atoms with Crippen LogP contribution in [0.4, 0.5) is 5.82 Å². The number of carbonyl (C=O) groups is 2. The number of anilines is 1. The largest absolute Gasteiger partial charge is 0.496 e. The fraction of sp³-hybridized carbons (Fsp3) is 0.167. The molecule has 1 aliphatic rings. The van der Waals surface area contributed by atoms with Gasteiger partial charge in [0.05, 0.1) is 13.0 Å². The molecule has 6 heteroatoms. The molecule has 0 aliphatic carbocycles. The monoisotopic (exact) mass is 399 g/mol. The molecule has 0 fully saturated rings. The van der Waals surface area contributed by atoms with E-state index in [1.165, 1.54) is 0 Å². The smallest absolute Gasteiger partial charge is 0.266 e. The van der Waals surface area contributed by atoms with Crippen molar-refractivity contribution in [3.05, 3.63) is 89.6 Å². The predicted octanol–water partition coefficient (Wildman–Crippen LogP) is 3.67. The van der Waals surface area contributed by atoms with Crippen LogP contribution < -0.4 is 9.64 Å². The van der Waals surface area contributed by atoms with E-state index in [4.69, 9.17) is 4.74 Å². The van der Waals surface area contributed by atoms with Crippen molar-refractivity contribution < 1.29 is 14.3 Å². The van der Waals surface area contributed by atoms with Crippen LogP contribution >= 0.6 is 0 Å². The molecule has 0 saturated carbocycles. The number of carbonyl (C=O) groups excluding carboxylic acids is 2. The van der Waals surface area contributed by atoms with Crippen LogP contribution in [0, 0.1) is 0 Å². The zero-order valence-corrected chi connectivity index (χ0v) is 16.6. The van der Waals surface area contributed by atoms with Crippen molar-refractivity contribution in [1.29, 1.82) is 0 Å². The van der Waals surface area contributed by atoms with Gasteiger partial charge in [-0.1, -0.05) is 42.5 Å². The first-order valence-electron chi connectivity index (χ1n) is 9.71. The van der Waals surface area contributed by atoms with Crippen LogP contribution in [0.2, 0.25) is 0 Å². The van der Waals surface area contributed by atoms with E-state index in [0.717, 1.165) is 16.2 Å². The van der Waals surface area contributed by atoms with Crippen LogP contribution in [-0.4, -0.2) is 36.7 Å². The Morgan fingerprint density at radius 2 is 1.80 bits per heavy atom. The average Bonchev–Trinajstić information content (AvgIpc) is 2.79. The van der Waals surface area contributed by atoms with Gasteiger partial charge in [0.15, 0.2) is 0 Å². The van der Waals surface area contributed by atoms with Gasteiger partial charge in [-0.15, -0.1) is 0 Å². The van der Waals surface area contributed by atoms with Crippen LogP contribution in [0.15, 0.2) is 77.9 Å². The highest BCUT2D eigenvalue weighted by molar-refractivity contribution is 6.28. The summed E-state index contributed by atoms with van der Waals surface area (Å²) in [4.78, 5) is 36.0. The lowest BCUT2D eigenvalue weighted by atomic mass is 9.89. The number of hydrogen-bond donors (Lipinski definition) is 0. The number of aliphatic imine (C=N–C) groups is 1. The summed E-state index contributed by atoms with van der Waals surface area (Å²) in [6, 6.07) is 20.1. The fourth-order valence-corrected chi connectivity index (χ4v) is 3.58. The summed E-state index contributed by atoms with van der Waals surface area (Å²) in [6.07, 6.45) is 3.89. The number of hydrogen-bond acceptors (Lipinski definition) is 5. The van der Waals surface area contributed by atoms with E-state index >= 15 is 0 Å². The molecule has 1 aliphatic heterocycles. The zero-order chi connectivity index (χ0) is 20.9. The standard InChI is InChI=1S/C24H21N3O3/c1-30-21-11-5-2-8-17(21)13-15-25-16-20-18-9-3-4-10-19(18)23(28)27(24(20)29)22-12-6-7-14-26-22/h2-12,14,16,20H,13,15H2,1H3. The number of amides is 2. The number of benzene rings is 2. The molecule has 0 N–H and O–H groups in total. The number of ether oxygens (including phenoxy) is 1. The molecule has 0 bridgehead atoms. The van der Waals surface area contributed by atoms with Crippen LogP contribution in [0.5, 0.6) is 5.75 Å². The first-order valence-corrected chi connectivity index (χ1v) is 9.71. The normalized spacial score (nSPS) is 16.0. The summed E-state index contributed by atoms with van der Waals surface area (Å²) >= 11 is 0. The molecule has 4 rings (SSSR count). The minimum absolute atomic E-state index is 0.314. The first kappa shape index (κ1) is 19.5. The third-order valence-electron chi connectivity index (χ3n) is 5.05. The Morgan fingerprint density at radius 3 is 2.60 bits per heavy atom. The molecular formula is C24H21N3O3. The molecule has 30 heavy (non-hydrogen) atoms. The number of nitrogens with zero attached hydrogens (tertiary/aromatic N) is 3. The lowest BCUT2D eigenvalue weighted by Gasteiger charge is -2.30. The number of rotatable bonds is 6. The van der Waals surface area contributed by atoms with Crippen molar-refractivity contribution in [3.8, 4) is 5.75 Å². The van der Waals surface area contributed by atoms with Gasteiger partial charge in [0, 0.05) is 24.5 Å². The zero-order valence-electron chi connectivity index (χ0n) is 16.6. The Balaban J connectivity index is 1.60. The SMILES string of the molecule is COc1ccccc1CCN=CC1C(=O)N(c2ccccn2)C(=O)c2ccccc21. The van der Waals surface area contributed by atoms with Crippen molar-refractivity contribution in [2.24, 2.45) is 4.99 Å². The number of pyridine rings is 1. The van der Waals surface area contributed by atoms with E-state index < -0.39 is 5.92 Å². The summed E-state index contributed by atoms with van der Waals surface area (Å²) in [5.41, 5.74) is 2.21. The predicted molar refractivity (Wildman–Crippen MR) is 115 cm³/mol. The Hall–Kier alpha value is -3.80. The molecule has 0 radical (unpaired) electrons. The molecular weight excluding hydrogens is 378 g/mol. The summed E-state index contributed by atoms with van der Waals surface area (Å²) in [6.45, 7) is 0.504. The number of imide groups is 1. The van der Waals surface area contributed by atoms with E-state index in [-0.39, 0.29) is 11.8 Å². The van der Waals surface area contributed by atoms with Gasteiger partial charge < -0.3 is 4.74 Å². The number of para-hydroxylation sites is 1. The lowest BCUT2D eigenvalue weighted by molar-refractivity contribution is -0.118. The van der Waals surface area contributed by atoms with E-state index in [1.54, 1.807) is 55.9 Å². The minimum Gasteiger partial charge on any atom is -0.496 e. The van der Waals surface area contributed by atoms with Gasteiger partial charge in [-0.05, 0) is 41.8 Å². The van der Waals surface area contributed by atoms with Gasteiger partial charge in [0.25, 0.3) is 5.91 Å². The van der Waals surface area contributed by atoms with Gasteiger partial charge in [0.1, 0.15) is 11.6 Å². The van der Waals surface area contributed by atoms with Crippen molar-refractivity contribution in [3.63, 3.8) is 0 Å². The van der Waals surface area contributed by atoms with E-state index in [0.29, 0.717) is 29.9 Å². The third kappa shape index (κ3) is 3.72. The lowest BCUT2D eigenvalue weighted by Crippen LogP contribution is -2.46. The summed E-state index contributed by atoms with van der Waals surface area (Å²) in [5, 5.41) is 0. The number of fused-ring (bicyclic) bond motifs is 1. The molecule has 0 spiro atoms. The van der Waals surface area contributed by atoms with E-state index in [2.05, 4.69) is 9.98 Å². The molecule has 1 aromatic heterocycles. The van der Waals surface area contributed by atoms with E-state index in [9.17, 15) is 9.59 Å². The van der Waals surface area contributed by atoms with Crippen molar-refractivity contribution in [1.82, 2.24) is 4.98 Å². The van der Waals surface area contributed by atoms with Gasteiger partial charge in [-0.2, -0.15) is 0 Å². The molecule has 3 aromatic rings. The van der Waals surface area contributed by atoms with Gasteiger partial charge in [-0.25, -0.2) is 9.88 Å². The summed E-state index contributed by atoms with van der Waals surface area (Å²) in [5.74, 6) is -0.224. The van der Waals surface area contributed by atoms with Gasteiger partial charge >= 0.3 is 0 Å². The Bertz CT molecular complexity index is 1100. The van der Waals surface area contributed by atoms with Crippen molar-refractivity contribution >= 4 is 23.8 Å². The average molecular weight is 399 g/mol. The Kier molecular flexibility index (Phi) is 5.66. The molecule has 6 nitrogen and oxygen atoms in total. The molecule has 2 amide bonds. The topological polar surface area (TPSA) is 71.9 Å². The molecule has 0 saturated heterocycles. The summed E-state index contributed by atoms with van der Waals surface area (Å²) in [7, 11) is 1.64. The highest BCUT2D eigenvalue weighted by Gasteiger charge is 2.39. The highest BCUT2D eigenvalue weighted by atomic mass is 16.5. The van der Waals surface area contributed by atoms with Crippen LogP contribution in [0.3, 0.4) is 0 Å². The van der Waals surface area contributed by atoms with Gasteiger partial charge in [0.2, 0.25) is 5.91 Å². The van der Waals surface area contributed by atoms with E-state index in [1.807, 2.05) is 30.3 Å². The second kappa shape index (κ2) is 8.69. The van der Waals surface area contributed by atoms with Crippen molar-refractivity contribution in [2.45, 2.75) is 12.3 Å². The third-order valence-corrected chi connectivity index (χ3v) is 5.05. The maximum atomic E-state index is 13.2. The van der Waals surface area contributed by atoms with Crippen LogP contribution in [-0.2, 0) is 11.2 Å². The number of methoxy groups -OCH3 is 1. The second-order valence-electron chi connectivity index (χ2n) is 6.85. The summed E-state index contributed by atoms with van der Waals surface area (Å²) < 4.78 is 5.37. The second-order valence-corrected chi connectivity index (χ2v) is 6.85. The van der Waals surface area contributed by atoms with Crippen LogP contribution in [0.25, 0.3) is 0 Å². The Labute approximate surface area is 174 Å². The Morgan fingerprint density at radius 1 is 1.03 bits per heavy atom. The first-order chi connectivity index (χ1) is 14.7. The number of aromatic nitrogens is 1. The van der Waals surface area contributed by atoms with Gasteiger partial charge in [-0.3, -0.25) is 14.6 Å². The molecule has 2 heterocycles. The van der Waals surface area contributed by atoms with Crippen molar-refractivity contribution in [2.75, 3.05) is 18.6 Å². The maximum Gasteiger partial charge on any atom is 0.266 e. The fourth-order valence-electron chi connectivity index (χ4n) is 3.58.